The van der Waals surface area contributed by atoms with Gasteiger partial charge in [-0.2, -0.15) is 0 Å². The van der Waals surface area contributed by atoms with Crippen molar-refractivity contribution in [1.29, 1.82) is 0 Å². The van der Waals surface area contributed by atoms with Gasteiger partial charge in [0.1, 0.15) is 0 Å². The Morgan fingerprint density at radius 1 is 1.04 bits per heavy atom. The Morgan fingerprint density at radius 3 is 2.25 bits per heavy atom. The summed E-state index contributed by atoms with van der Waals surface area (Å²) in [5, 5.41) is 1.05. The third-order valence-corrected chi connectivity index (χ3v) is 4.72. The zero-order chi connectivity index (χ0) is 16.4. The summed E-state index contributed by atoms with van der Waals surface area (Å²) in [5.41, 5.74) is 8.36. The number of benzene rings is 2. The quantitative estimate of drug-likeness (QED) is 0.756. The summed E-state index contributed by atoms with van der Waals surface area (Å²) in [6, 6.07) is 13.3. The number of halogens is 3. The maximum absolute atomic E-state index is 12.7. The Labute approximate surface area is 158 Å². The van der Waals surface area contributed by atoms with E-state index in [2.05, 4.69) is 0 Å². The van der Waals surface area contributed by atoms with Crippen LogP contribution in [0.25, 0.3) is 0 Å². The predicted molar refractivity (Wildman–Crippen MR) is 102 cm³/mol. The number of hydrogen-bond donors (Lipinski definition) is 1. The van der Waals surface area contributed by atoms with Gasteiger partial charge in [0.25, 0.3) is 0 Å². The first-order chi connectivity index (χ1) is 11.0. The second-order valence-electron chi connectivity index (χ2n) is 5.92. The van der Waals surface area contributed by atoms with Crippen LogP contribution >= 0.6 is 35.6 Å². The third-order valence-electron chi connectivity index (χ3n) is 3.98. The van der Waals surface area contributed by atoms with E-state index in [9.17, 15) is 4.79 Å². The first kappa shape index (κ1) is 18.9. The van der Waals surface area contributed by atoms with Crippen LogP contribution in [0.1, 0.15) is 24.0 Å². The maximum Gasteiger partial charge on any atom is 0.227 e. The number of nitrogens with two attached hydrogens (primary N) is 1. The van der Waals surface area contributed by atoms with Crippen LogP contribution in [0.4, 0.5) is 5.69 Å². The van der Waals surface area contributed by atoms with E-state index in [1.54, 1.807) is 6.07 Å². The molecule has 0 aromatic heterocycles. The fourth-order valence-corrected chi connectivity index (χ4v) is 2.87. The van der Waals surface area contributed by atoms with Crippen molar-refractivity contribution in [3.05, 3.63) is 63.6 Å². The molecule has 0 radical (unpaired) electrons. The van der Waals surface area contributed by atoms with Gasteiger partial charge in [-0.25, -0.2) is 0 Å². The first-order valence-corrected chi connectivity index (χ1v) is 8.36. The molecule has 0 saturated heterocycles. The van der Waals surface area contributed by atoms with Crippen molar-refractivity contribution >= 4 is 47.2 Å². The van der Waals surface area contributed by atoms with Gasteiger partial charge in [-0.15, -0.1) is 12.4 Å². The molecule has 1 aliphatic rings. The Morgan fingerprint density at radius 2 is 1.67 bits per heavy atom. The molecule has 0 unspecified atom stereocenters. The van der Waals surface area contributed by atoms with Crippen molar-refractivity contribution in [2.45, 2.75) is 31.8 Å². The summed E-state index contributed by atoms with van der Waals surface area (Å²) in [5.74, 6) is 0.128. The lowest BCUT2D eigenvalue weighted by atomic mass is 10.1. The monoisotopic (exact) mass is 384 g/mol. The number of rotatable bonds is 5. The highest BCUT2D eigenvalue weighted by molar-refractivity contribution is 6.42. The molecule has 24 heavy (non-hydrogen) atoms. The van der Waals surface area contributed by atoms with Crippen LogP contribution in [0.15, 0.2) is 42.5 Å². The molecule has 2 N–H and O–H groups in total. The number of amides is 1. The van der Waals surface area contributed by atoms with Gasteiger partial charge < -0.3 is 10.6 Å². The van der Waals surface area contributed by atoms with E-state index in [-0.39, 0.29) is 18.3 Å². The highest BCUT2D eigenvalue weighted by atomic mass is 35.5. The lowest BCUT2D eigenvalue weighted by molar-refractivity contribution is -0.131. The molecule has 3 rings (SSSR count). The summed E-state index contributed by atoms with van der Waals surface area (Å²) < 4.78 is 0. The highest BCUT2D eigenvalue weighted by Crippen LogP contribution is 2.30. The molecule has 0 atom stereocenters. The van der Waals surface area contributed by atoms with Crippen LogP contribution in [-0.4, -0.2) is 16.8 Å². The van der Waals surface area contributed by atoms with E-state index in [0.29, 0.717) is 34.7 Å². The molecule has 2 aromatic rings. The molecule has 3 nitrogen and oxygen atoms in total. The summed E-state index contributed by atoms with van der Waals surface area (Å²) in [6.07, 6.45) is 2.52. The third kappa shape index (κ3) is 4.79. The minimum absolute atomic E-state index is 0. The van der Waals surface area contributed by atoms with E-state index in [0.717, 1.165) is 24.0 Å². The molecule has 1 amide bonds. The molecule has 6 heteroatoms. The summed E-state index contributed by atoms with van der Waals surface area (Å²) >= 11 is 12.0. The summed E-state index contributed by atoms with van der Waals surface area (Å²) in [6.45, 7) is 0.565. The number of anilines is 1. The molecule has 2 aromatic carbocycles. The zero-order valence-corrected chi connectivity index (χ0v) is 15.4. The molecule has 128 valence electrons. The van der Waals surface area contributed by atoms with Crippen molar-refractivity contribution in [3.63, 3.8) is 0 Å². The van der Waals surface area contributed by atoms with Gasteiger partial charge in [-0.1, -0.05) is 41.4 Å². The molecule has 0 heterocycles. The van der Waals surface area contributed by atoms with Crippen molar-refractivity contribution in [1.82, 2.24) is 4.90 Å². The van der Waals surface area contributed by atoms with Crippen LogP contribution < -0.4 is 5.73 Å². The average molecular weight is 386 g/mol. The largest absolute Gasteiger partial charge is 0.399 e. The van der Waals surface area contributed by atoms with Crippen molar-refractivity contribution in [3.8, 4) is 0 Å². The molecular weight excluding hydrogens is 367 g/mol. The van der Waals surface area contributed by atoms with Crippen molar-refractivity contribution < 1.29 is 4.79 Å². The number of nitrogen functional groups attached to an aromatic ring is 1. The second kappa shape index (κ2) is 8.11. The van der Waals surface area contributed by atoms with Crippen LogP contribution in [-0.2, 0) is 17.8 Å². The van der Waals surface area contributed by atoms with Crippen LogP contribution in [0.2, 0.25) is 10.0 Å². The van der Waals surface area contributed by atoms with Gasteiger partial charge in [0.05, 0.1) is 16.5 Å². The predicted octanol–water partition coefficient (Wildman–Crippen LogP) is 4.73. The molecule has 1 fully saturated rings. The van der Waals surface area contributed by atoms with E-state index >= 15 is 0 Å². The number of carbonyl (C=O) groups is 1. The first-order valence-electron chi connectivity index (χ1n) is 7.61. The molecule has 0 spiro atoms. The van der Waals surface area contributed by atoms with Gasteiger partial charge >= 0.3 is 0 Å². The fraction of sp³-hybridized carbons (Fsp3) is 0.278. The molecule has 0 bridgehead atoms. The average Bonchev–Trinajstić information content (AvgIpc) is 3.35. The lowest BCUT2D eigenvalue weighted by Crippen LogP contribution is -2.33. The second-order valence-corrected chi connectivity index (χ2v) is 6.73. The van der Waals surface area contributed by atoms with E-state index < -0.39 is 0 Å². The minimum Gasteiger partial charge on any atom is -0.399 e. The molecule has 1 saturated carbocycles. The van der Waals surface area contributed by atoms with Gasteiger partial charge in [-0.3, -0.25) is 4.79 Å². The fourth-order valence-electron chi connectivity index (χ4n) is 2.55. The van der Waals surface area contributed by atoms with E-state index in [1.807, 2.05) is 41.3 Å². The minimum atomic E-state index is 0. The number of nitrogens with zero attached hydrogens (tertiary/aromatic N) is 1. The maximum atomic E-state index is 12.7. The molecule has 0 aliphatic heterocycles. The molecular formula is C18H19Cl3N2O. The Bertz CT molecular complexity index is 715. The van der Waals surface area contributed by atoms with Gasteiger partial charge in [0.2, 0.25) is 5.91 Å². The van der Waals surface area contributed by atoms with E-state index in [4.69, 9.17) is 28.9 Å². The summed E-state index contributed by atoms with van der Waals surface area (Å²) in [7, 11) is 0. The lowest BCUT2D eigenvalue weighted by Gasteiger charge is -2.23. The van der Waals surface area contributed by atoms with Gasteiger partial charge in [-0.05, 0) is 48.2 Å². The SMILES string of the molecule is Cl.Nc1ccc(CC(=O)N(Cc2ccc(Cl)c(Cl)c2)C2CC2)cc1. The topological polar surface area (TPSA) is 46.3 Å². The van der Waals surface area contributed by atoms with Crippen molar-refractivity contribution in [2.75, 3.05) is 5.73 Å². The Kier molecular flexibility index (Phi) is 6.39. The Hall–Kier alpha value is -1.42. The van der Waals surface area contributed by atoms with Gasteiger partial charge in [0, 0.05) is 18.3 Å². The zero-order valence-electron chi connectivity index (χ0n) is 13.0. The standard InChI is InChI=1S/C18H18Cl2N2O.ClH/c19-16-8-3-13(9-17(16)20)11-22(15-6-7-15)18(23)10-12-1-4-14(21)5-2-12;/h1-5,8-9,15H,6-7,10-11,21H2;1H. The Balaban J connectivity index is 0.00000208. The normalized spacial score (nSPS) is 13.2. The van der Waals surface area contributed by atoms with Gasteiger partial charge in [0.15, 0.2) is 0 Å². The smallest absolute Gasteiger partial charge is 0.227 e. The van der Waals surface area contributed by atoms with Crippen LogP contribution in [0, 0.1) is 0 Å². The summed E-state index contributed by atoms with van der Waals surface area (Å²) in [4.78, 5) is 14.6. The number of carbonyl (C=O) groups excluding carboxylic acids is 1. The van der Waals surface area contributed by atoms with Crippen LogP contribution in [0.3, 0.4) is 0 Å². The highest BCUT2D eigenvalue weighted by Gasteiger charge is 2.32. The van der Waals surface area contributed by atoms with Crippen LogP contribution in [0.5, 0.6) is 0 Å². The molecule has 1 aliphatic carbocycles. The van der Waals surface area contributed by atoms with Crippen molar-refractivity contribution in [2.24, 2.45) is 0 Å². The number of hydrogen-bond acceptors (Lipinski definition) is 2. The van der Waals surface area contributed by atoms with E-state index in [1.165, 1.54) is 0 Å².